The number of aromatic nitrogens is 3. The molecule has 0 fully saturated rings. The first-order chi connectivity index (χ1) is 7.90. The Hall–Kier alpha value is -2.01. The van der Waals surface area contributed by atoms with Crippen LogP contribution in [-0.4, -0.2) is 22.1 Å². The molecule has 0 spiro atoms. The summed E-state index contributed by atoms with van der Waals surface area (Å²) < 4.78 is 5.31. The second-order valence-corrected chi connectivity index (χ2v) is 3.15. The number of hydrogen-bond acceptors (Lipinski definition) is 5. The van der Waals surface area contributed by atoms with E-state index in [0.29, 0.717) is 0 Å². The van der Waals surface area contributed by atoms with Gasteiger partial charge in [-0.15, -0.1) is 0 Å². The van der Waals surface area contributed by atoms with E-state index in [1.807, 2.05) is 18.2 Å². The van der Waals surface area contributed by atoms with E-state index in [1.165, 1.54) is 6.33 Å². The minimum absolute atomic E-state index is 0.295. The number of anilines is 1. The maximum atomic E-state index is 5.31. The van der Waals surface area contributed by atoms with Crippen molar-refractivity contribution in [3.63, 3.8) is 0 Å². The first kappa shape index (κ1) is 10.5. The molecule has 0 aliphatic carbocycles. The number of methoxy groups -OCH3 is 1. The Balaban J connectivity index is 2.13. The lowest BCUT2D eigenvalue weighted by atomic mass is 10.3. The van der Waals surface area contributed by atoms with Crippen LogP contribution in [0, 0.1) is 0 Å². The molecule has 5 nitrogen and oxygen atoms in total. The summed E-state index contributed by atoms with van der Waals surface area (Å²) in [5.74, 6) is 0.748. The van der Waals surface area contributed by atoms with Crippen LogP contribution in [0.2, 0.25) is 0 Å². The Morgan fingerprint density at radius 1 is 1.25 bits per heavy atom. The van der Waals surface area contributed by atoms with E-state index in [9.17, 15) is 0 Å². The van der Waals surface area contributed by atoms with Crippen molar-refractivity contribution in [1.82, 2.24) is 15.0 Å². The minimum atomic E-state index is -0.295. The number of pyridine rings is 1. The molecule has 1 atom stereocenters. The SMILES string of the molecule is COC(Nc1ccccn1)c1cncnc1. The van der Waals surface area contributed by atoms with Crippen molar-refractivity contribution in [2.24, 2.45) is 0 Å². The maximum Gasteiger partial charge on any atom is 0.157 e. The fraction of sp³-hybridized carbons (Fsp3) is 0.182. The third kappa shape index (κ3) is 2.52. The topological polar surface area (TPSA) is 59.9 Å². The molecule has 0 saturated heterocycles. The molecule has 82 valence electrons. The zero-order chi connectivity index (χ0) is 11.2. The molecule has 1 N–H and O–H groups in total. The summed E-state index contributed by atoms with van der Waals surface area (Å²) in [6.45, 7) is 0. The normalized spacial score (nSPS) is 12.1. The average Bonchev–Trinajstić information content (AvgIpc) is 2.38. The summed E-state index contributed by atoms with van der Waals surface area (Å²) >= 11 is 0. The second kappa shape index (κ2) is 5.18. The standard InChI is InChI=1S/C11H12N4O/c1-16-11(9-6-12-8-13-7-9)15-10-4-2-3-5-14-10/h2-8,11H,1H3,(H,14,15). The first-order valence-corrected chi connectivity index (χ1v) is 4.85. The highest BCUT2D eigenvalue weighted by molar-refractivity contribution is 5.35. The van der Waals surface area contributed by atoms with Gasteiger partial charge in [-0.2, -0.15) is 0 Å². The van der Waals surface area contributed by atoms with Gasteiger partial charge in [-0.05, 0) is 12.1 Å². The highest BCUT2D eigenvalue weighted by atomic mass is 16.5. The molecule has 2 heterocycles. The van der Waals surface area contributed by atoms with Crippen molar-refractivity contribution in [2.75, 3.05) is 12.4 Å². The van der Waals surface area contributed by atoms with Gasteiger partial charge in [0.15, 0.2) is 6.23 Å². The predicted molar refractivity (Wildman–Crippen MR) is 59.6 cm³/mol. The van der Waals surface area contributed by atoms with Crippen LogP contribution in [-0.2, 0) is 4.74 Å². The zero-order valence-corrected chi connectivity index (χ0v) is 8.87. The van der Waals surface area contributed by atoms with E-state index in [-0.39, 0.29) is 6.23 Å². The molecule has 2 rings (SSSR count). The monoisotopic (exact) mass is 216 g/mol. The van der Waals surface area contributed by atoms with Gasteiger partial charge >= 0.3 is 0 Å². The molecule has 1 unspecified atom stereocenters. The van der Waals surface area contributed by atoms with Crippen molar-refractivity contribution in [2.45, 2.75) is 6.23 Å². The van der Waals surface area contributed by atoms with E-state index in [1.54, 1.807) is 25.7 Å². The highest BCUT2D eigenvalue weighted by Gasteiger charge is 2.10. The third-order valence-corrected chi connectivity index (χ3v) is 2.06. The van der Waals surface area contributed by atoms with E-state index >= 15 is 0 Å². The Bertz CT molecular complexity index is 421. The summed E-state index contributed by atoms with van der Waals surface area (Å²) in [5, 5.41) is 3.13. The molecule has 0 aromatic carbocycles. The van der Waals surface area contributed by atoms with Gasteiger partial charge in [-0.25, -0.2) is 15.0 Å². The Morgan fingerprint density at radius 2 is 2.06 bits per heavy atom. The number of hydrogen-bond donors (Lipinski definition) is 1. The van der Waals surface area contributed by atoms with E-state index in [2.05, 4.69) is 20.3 Å². The lowest BCUT2D eigenvalue weighted by Gasteiger charge is -2.16. The van der Waals surface area contributed by atoms with Crippen LogP contribution in [0.25, 0.3) is 0 Å². The van der Waals surface area contributed by atoms with E-state index in [4.69, 9.17) is 4.74 Å². The van der Waals surface area contributed by atoms with Gasteiger partial charge in [-0.3, -0.25) is 0 Å². The summed E-state index contributed by atoms with van der Waals surface area (Å²) in [6.07, 6.45) is 6.32. The number of ether oxygens (including phenoxy) is 1. The summed E-state index contributed by atoms with van der Waals surface area (Å²) in [6, 6.07) is 5.64. The quantitative estimate of drug-likeness (QED) is 0.787. The maximum absolute atomic E-state index is 5.31. The van der Waals surface area contributed by atoms with Gasteiger partial charge in [0.05, 0.1) is 0 Å². The lowest BCUT2D eigenvalue weighted by molar-refractivity contribution is 0.126. The number of rotatable bonds is 4. The molecular weight excluding hydrogens is 204 g/mol. The molecule has 5 heteroatoms. The van der Waals surface area contributed by atoms with Gasteiger partial charge in [0, 0.05) is 31.3 Å². The van der Waals surface area contributed by atoms with Crippen LogP contribution in [0.4, 0.5) is 5.82 Å². The Labute approximate surface area is 93.5 Å². The molecule has 0 amide bonds. The van der Waals surface area contributed by atoms with Crippen LogP contribution >= 0.6 is 0 Å². The fourth-order valence-electron chi connectivity index (χ4n) is 1.31. The van der Waals surface area contributed by atoms with Gasteiger partial charge in [0.2, 0.25) is 0 Å². The van der Waals surface area contributed by atoms with Crippen molar-refractivity contribution in [1.29, 1.82) is 0 Å². The highest BCUT2D eigenvalue weighted by Crippen LogP contribution is 2.16. The first-order valence-electron chi connectivity index (χ1n) is 4.85. The average molecular weight is 216 g/mol. The fourth-order valence-corrected chi connectivity index (χ4v) is 1.31. The number of nitrogens with one attached hydrogen (secondary N) is 1. The molecule has 0 saturated carbocycles. The summed E-state index contributed by atoms with van der Waals surface area (Å²) in [4.78, 5) is 12.0. The molecule has 0 bridgehead atoms. The van der Waals surface area contributed by atoms with Gasteiger partial charge in [0.1, 0.15) is 12.1 Å². The lowest BCUT2D eigenvalue weighted by Crippen LogP contribution is -2.13. The molecule has 2 aromatic rings. The largest absolute Gasteiger partial charge is 0.357 e. The van der Waals surface area contributed by atoms with Crippen LogP contribution in [0.1, 0.15) is 11.8 Å². The molecule has 0 radical (unpaired) electrons. The smallest absolute Gasteiger partial charge is 0.157 e. The van der Waals surface area contributed by atoms with Crippen LogP contribution in [0.15, 0.2) is 43.1 Å². The minimum Gasteiger partial charge on any atom is -0.357 e. The van der Waals surface area contributed by atoms with Gasteiger partial charge < -0.3 is 10.1 Å². The predicted octanol–water partition coefficient (Wildman–Crippen LogP) is 1.63. The van der Waals surface area contributed by atoms with Crippen LogP contribution < -0.4 is 5.32 Å². The van der Waals surface area contributed by atoms with Crippen LogP contribution in [0.5, 0.6) is 0 Å². The van der Waals surface area contributed by atoms with Gasteiger partial charge in [-0.1, -0.05) is 6.07 Å². The van der Waals surface area contributed by atoms with Crippen LogP contribution in [0.3, 0.4) is 0 Å². The Morgan fingerprint density at radius 3 is 2.69 bits per heavy atom. The van der Waals surface area contributed by atoms with Crippen molar-refractivity contribution in [3.8, 4) is 0 Å². The van der Waals surface area contributed by atoms with E-state index in [0.717, 1.165) is 11.4 Å². The Kier molecular flexibility index (Phi) is 3.40. The zero-order valence-electron chi connectivity index (χ0n) is 8.87. The van der Waals surface area contributed by atoms with Crippen molar-refractivity contribution in [3.05, 3.63) is 48.7 Å². The van der Waals surface area contributed by atoms with E-state index < -0.39 is 0 Å². The molecule has 16 heavy (non-hydrogen) atoms. The third-order valence-electron chi connectivity index (χ3n) is 2.06. The molecule has 0 aliphatic heterocycles. The summed E-state index contributed by atoms with van der Waals surface area (Å²) in [5.41, 5.74) is 0.857. The summed E-state index contributed by atoms with van der Waals surface area (Å²) in [7, 11) is 1.62. The molecule has 2 aromatic heterocycles. The number of nitrogens with zero attached hydrogens (tertiary/aromatic N) is 3. The van der Waals surface area contributed by atoms with Crippen molar-refractivity contribution >= 4 is 5.82 Å². The molecule has 0 aliphatic rings. The second-order valence-electron chi connectivity index (χ2n) is 3.15. The van der Waals surface area contributed by atoms with Crippen molar-refractivity contribution < 1.29 is 4.74 Å². The van der Waals surface area contributed by atoms with Gasteiger partial charge in [0.25, 0.3) is 0 Å². The molecular formula is C11H12N4O.